The Morgan fingerprint density at radius 2 is 2.12 bits per heavy atom. The first kappa shape index (κ1) is 17.9. The monoisotopic (exact) mass is 366 g/mol. The SMILES string of the molecule is COC(=O)OC[C@@H]1C[C@@H](OC(C)=O)[C@H](n2cnc3ncnc-3c2OC)O1. The van der Waals surface area contributed by atoms with Crippen molar-refractivity contribution in [2.75, 3.05) is 20.8 Å². The minimum atomic E-state index is -0.818. The van der Waals surface area contributed by atoms with Crippen LogP contribution in [0.2, 0.25) is 0 Å². The van der Waals surface area contributed by atoms with Gasteiger partial charge in [0.25, 0.3) is 0 Å². The summed E-state index contributed by atoms with van der Waals surface area (Å²) in [5.74, 6) is 0.328. The van der Waals surface area contributed by atoms with Crippen LogP contribution in [0.3, 0.4) is 0 Å². The van der Waals surface area contributed by atoms with Crippen LogP contribution >= 0.6 is 0 Å². The van der Waals surface area contributed by atoms with Crippen LogP contribution in [-0.4, -0.2) is 64.7 Å². The van der Waals surface area contributed by atoms with Crippen LogP contribution in [0, 0.1) is 0 Å². The summed E-state index contributed by atoms with van der Waals surface area (Å²) in [6, 6.07) is 0. The molecule has 0 unspecified atom stereocenters. The summed E-state index contributed by atoms with van der Waals surface area (Å²) in [6.07, 6.45) is 0.497. The summed E-state index contributed by atoms with van der Waals surface area (Å²) in [5.41, 5.74) is 0.453. The van der Waals surface area contributed by atoms with Crippen LogP contribution in [0.1, 0.15) is 19.6 Å². The smallest absolute Gasteiger partial charge is 0.480 e. The summed E-state index contributed by atoms with van der Waals surface area (Å²) in [4.78, 5) is 35.0. The maximum Gasteiger partial charge on any atom is 0.508 e. The molecule has 0 radical (unpaired) electrons. The Balaban J connectivity index is 1.87. The molecule has 1 fully saturated rings. The molecule has 140 valence electrons. The molecule has 0 aromatic heterocycles. The zero-order valence-corrected chi connectivity index (χ0v) is 14.4. The highest BCUT2D eigenvalue weighted by molar-refractivity contribution is 5.66. The molecule has 0 aromatic rings. The Morgan fingerprint density at radius 3 is 2.81 bits per heavy atom. The highest BCUT2D eigenvalue weighted by Gasteiger charge is 2.41. The van der Waals surface area contributed by atoms with Gasteiger partial charge in [-0.2, -0.15) is 0 Å². The van der Waals surface area contributed by atoms with Gasteiger partial charge in [0.1, 0.15) is 25.4 Å². The van der Waals surface area contributed by atoms with Crippen LogP contribution in [0.5, 0.6) is 5.88 Å². The first-order valence-corrected chi connectivity index (χ1v) is 7.78. The second-order valence-corrected chi connectivity index (χ2v) is 5.50. The third-order valence-electron chi connectivity index (χ3n) is 3.80. The van der Waals surface area contributed by atoms with Crippen molar-refractivity contribution in [1.82, 2.24) is 19.5 Å². The number of imidazole rings is 1. The van der Waals surface area contributed by atoms with Gasteiger partial charge in [-0.05, 0) is 0 Å². The van der Waals surface area contributed by atoms with Gasteiger partial charge in [-0.1, -0.05) is 0 Å². The molecule has 11 nitrogen and oxygen atoms in total. The topological polar surface area (TPSA) is 124 Å². The molecular weight excluding hydrogens is 348 g/mol. The lowest BCUT2D eigenvalue weighted by atomic mass is 10.2. The number of fused-ring (bicyclic) bond motifs is 1. The Labute approximate surface area is 148 Å². The number of nitrogens with zero attached hydrogens (tertiary/aromatic N) is 4. The number of esters is 1. The number of rotatable bonds is 5. The van der Waals surface area contributed by atoms with Gasteiger partial charge in [0.05, 0.1) is 20.3 Å². The number of hydrogen-bond donors (Lipinski definition) is 0. The zero-order valence-electron chi connectivity index (χ0n) is 14.4. The van der Waals surface area contributed by atoms with Gasteiger partial charge in [-0.3, -0.25) is 9.36 Å². The van der Waals surface area contributed by atoms with Crippen molar-refractivity contribution in [2.45, 2.75) is 31.8 Å². The summed E-state index contributed by atoms with van der Waals surface area (Å²) in [5, 5.41) is 0. The van der Waals surface area contributed by atoms with E-state index < -0.39 is 30.6 Å². The molecule has 3 heterocycles. The highest BCUT2D eigenvalue weighted by Crippen LogP contribution is 2.37. The molecule has 0 bridgehead atoms. The predicted molar refractivity (Wildman–Crippen MR) is 83.4 cm³/mol. The molecule has 26 heavy (non-hydrogen) atoms. The molecule has 0 N–H and O–H groups in total. The fraction of sp³-hybridized carbons (Fsp3) is 0.533. The van der Waals surface area contributed by atoms with E-state index in [0.29, 0.717) is 23.8 Å². The molecule has 3 atom stereocenters. The minimum absolute atomic E-state index is 0.0460. The fourth-order valence-corrected chi connectivity index (χ4v) is 2.79. The molecule has 3 rings (SSSR count). The van der Waals surface area contributed by atoms with Gasteiger partial charge in [-0.25, -0.2) is 19.7 Å². The van der Waals surface area contributed by atoms with Gasteiger partial charge in [-0.15, -0.1) is 0 Å². The lowest BCUT2D eigenvalue weighted by Gasteiger charge is -2.24. The second kappa shape index (κ2) is 7.52. The highest BCUT2D eigenvalue weighted by atomic mass is 16.7. The van der Waals surface area contributed by atoms with Crippen LogP contribution in [0.4, 0.5) is 4.79 Å². The molecule has 1 saturated heterocycles. The van der Waals surface area contributed by atoms with Crippen LogP contribution < -0.4 is 4.74 Å². The van der Waals surface area contributed by atoms with E-state index in [2.05, 4.69) is 19.7 Å². The lowest BCUT2D eigenvalue weighted by Crippen LogP contribution is -2.26. The number of carbonyl (C=O) groups excluding carboxylic acids is 2. The minimum Gasteiger partial charge on any atom is -0.480 e. The van der Waals surface area contributed by atoms with E-state index in [1.165, 1.54) is 33.8 Å². The Morgan fingerprint density at radius 1 is 1.31 bits per heavy atom. The van der Waals surface area contributed by atoms with E-state index in [-0.39, 0.29) is 6.61 Å². The summed E-state index contributed by atoms with van der Waals surface area (Å²) in [7, 11) is 2.69. The van der Waals surface area contributed by atoms with E-state index in [0.717, 1.165) is 0 Å². The molecular formula is C15H18N4O7. The number of aromatic nitrogens is 4. The fourth-order valence-electron chi connectivity index (χ4n) is 2.79. The quantitative estimate of drug-likeness (QED) is 0.701. The van der Waals surface area contributed by atoms with Crippen LogP contribution in [0.15, 0.2) is 12.7 Å². The molecule has 0 spiro atoms. The molecule has 0 amide bonds. The van der Waals surface area contributed by atoms with Crippen molar-refractivity contribution in [3.63, 3.8) is 0 Å². The van der Waals surface area contributed by atoms with E-state index >= 15 is 0 Å². The molecule has 3 aliphatic heterocycles. The third kappa shape index (κ3) is 3.52. The van der Waals surface area contributed by atoms with E-state index in [1.54, 1.807) is 4.57 Å². The molecule has 0 aromatic carbocycles. The third-order valence-corrected chi connectivity index (χ3v) is 3.80. The number of methoxy groups -OCH3 is 2. The van der Waals surface area contributed by atoms with E-state index in [4.69, 9.17) is 18.9 Å². The second-order valence-electron chi connectivity index (χ2n) is 5.50. The molecule has 11 heteroatoms. The maximum atomic E-state index is 11.5. The van der Waals surface area contributed by atoms with Gasteiger partial charge in [0.2, 0.25) is 5.88 Å². The summed E-state index contributed by atoms with van der Waals surface area (Å²) < 4.78 is 27.6. The zero-order chi connectivity index (χ0) is 18.7. The lowest BCUT2D eigenvalue weighted by molar-refractivity contribution is -0.152. The van der Waals surface area contributed by atoms with Gasteiger partial charge < -0.3 is 23.7 Å². The average Bonchev–Trinajstić information content (AvgIpc) is 3.24. The van der Waals surface area contributed by atoms with E-state index in [1.807, 2.05) is 0 Å². The van der Waals surface area contributed by atoms with Crippen molar-refractivity contribution >= 4 is 12.1 Å². The molecule has 0 aliphatic carbocycles. The molecule has 3 aliphatic rings. The Bertz CT molecular complexity index is 764. The number of hydrogen-bond acceptors (Lipinski definition) is 10. The van der Waals surface area contributed by atoms with Gasteiger partial charge in [0.15, 0.2) is 17.7 Å². The Hall–Kier alpha value is -2.95. The first-order valence-electron chi connectivity index (χ1n) is 7.78. The van der Waals surface area contributed by atoms with E-state index in [9.17, 15) is 9.59 Å². The van der Waals surface area contributed by atoms with Crippen molar-refractivity contribution in [2.24, 2.45) is 0 Å². The number of carbonyl (C=O) groups is 2. The largest absolute Gasteiger partial charge is 0.508 e. The van der Waals surface area contributed by atoms with Gasteiger partial charge >= 0.3 is 12.1 Å². The summed E-state index contributed by atoms with van der Waals surface area (Å²) in [6.45, 7) is 1.26. The Kier molecular flexibility index (Phi) is 5.16. The standard InChI is InChI=1S/C15H18N4O7/c1-8(20)25-10-4-9(5-24-15(21)23-3)26-13(10)19-7-18-12-11(14(19)22-2)16-6-17-12/h6-7,9-10,13H,4-5H2,1-3H3/t9-,10+,13+/m0/s1. The van der Waals surface area contributed by atoms with Crippen LogP contribution in [0.25, 0.3) is 11.5 Å². The van der Waals surface area contributed by atoms with Crippen molar-refractivity contribution in [1.29, 1.82) is 0 Å². The van der Waals surface area contributed by atoms with Crippen LogP contribution in [-0.2, 0) is 23.7 Å². The average molecular weight is 366 g/mol. The molecule has 0 saturated carbocycles. The van der Waals surface area contributed by atoms with Crippen molar-refractivity contribution < 1.29 is 33.3 Å². The number of ether oxygens (including phenoxy) is 5. The van der Waals surface area contributed by atoms with Crippen molar-refractivity contribution in [3.05, 3.63) is 12.7 Å². The predicted octanol–water partition coefficient (Wildman–Crippen LogP) is 0.789. The maximum absolute atomic E-state index is 11.5. The summed E-state index contributed by atoms with van der Waals surface area (Å²) >= 11 is 0. The van der Waals surface area contributed by atoms with Crippen molar-refractivity contribution in [3.8, 4) is 17.4 Å². The normalized spacial score (nSPS) is 22.2. The van der Waals surface area contributed by atoms with Gasteiger partial charge in [0, 0.05) is 13.3 Å². The first-order chi connectivity index (χ1) is 12.5.